The van der Waals surface area contributed by atoms with E-state index < -0.39 is 0 Å². The molecule has 1 N–H and O–H groups in total. The minimum absolute atomic E-state index is 0.0742. The normalized spacial score (nSPS) is 17.4. The first-order chi connectivity index (χ1) is 9.65. The summed E-state index contributed by atoms with van der Waals surface area (Å²) in [6, 6.07) is 0.305. The van der Waals surface area contributed by atoms with E-state index in [1.165, 1.54) is 6.42 Å². The van der Waals surface area contributed by atoms with Gasteiger partial charge < -0.3 is 9.80 Å². The lowest BCUT2D eigenvalue weighted by Gasteiger charge is -2.36. The Bertz CT molecular complexity index is 437. The van der Waals surface area contributed by atoms with Gasteiger partial charge in [0.05, 0.1) is 0 Å². The highest BCUT2D eigenvalue weighted by Crippen LogP contribution is 2.17. The zero-order chi connectivity index (χ0) is 14.5. The van der Waals surface area contributed by atoms with E-state index in [1.54, 1.807) is 0 Å². The molecule has 0 aromatic carbocycles. The van der Waals surface area contributed by atoms with Crippen LogP contribution >= 0.6 is 0 Å². The summed E-state index contributed by atoms with van der Waals surface area (Å²) >= 11 is 0. The molecule has 0 aliphatic carbocycles. The predicted octanol–water partition coefficient (Wildman–Crippen LogP) is 1.31. The standard InChI is InChI=1S/C14H25N5O/c1-4-8-19-9-6-11(7-10-19)18(3)14(20)13-15-12(5-2)16-17-13/h11H,4-10H2,1-3H3,(H,15,16,17). The number of carbonyl (C=O) groups excluding carboxylic acids is 1. The van der Waals surface area contributed by atoms with E-state index in [4.69, 9.17) is 0 Å². The summed E-state index contributed by atoms with van der Waals surface area (Å²) < 4.78 is 0. The van der Waals surface area contributed by atoms with Gasteiger partial charge in [-0.1, -0.05) is 13.8 Å². The van der Waals surface area contributed by atoms with Gasteiger partial charge in [-0.25, -0.2) is 4.98 Å². The number of nitrogens with one attached hydrogen (secondary N) is 1. The van der Waals surface area contributed by atoms with Gasteiger partial charge in [-0.2, -0.15) is 0 Å². The molecule has 1 aliphatic heterocycles. The summed E-state index contributed by atoms with van der Waals surface area (Å²) in [6.07, 6.45) is 4.02. The van der Waals surface area contributed by atoms with Gasteiger partial charge in [0.2, 0.25) is 5.82 Å². The van der Waals surface area contributed by atoms with Gasteiger partial charge in [-0.3, -0.25) is 9.89 Å². The van der Waals surface area contributed by atoms with Crippen LogP contribution in [0.3, 0.4) is 0 Å². The molecule has 0 spiro atoms. The molecule has 1 fully saturated rings. The summed E-state index contributed by atoms with van der Waals surface area (Å²) in [5.41, 5.74) is 0. The van der Waals surface area contributed by atoms with Crippen LogP contribution < -0.4 is 0 Å². The number of aromatic nitrogens is 3. The molecule has 1 aliphatic rings. The van der Waals surface area contributed by atoms with E-state index >= 15 is 0 Å². The maximum absolute atomic E-state index is 12.3. The predicted molar refractivity (Wildman–Crippen MR) is 77.6 cm³/mol. The maximum Gasteiger partial charge on any atom is 0.293 e. The Kier molecular flexibility index (Phi) is 5.11. The molecule has 0 bridgehead atoms. The second kappa shape index (κ2) is 6.83. The molecule has 6 heteroatoms. The Morgan fingerprint density at radius 3 is 2.65 bits per heavy atom. The summed E-state index contributed by atoms with van der Waals surface area (Å²) in [6.45, 7) is 7.50. The van der Waals surface area contributed by atoms with Gasteiger partial charge in [-0.05, 0) is 25.8 Å². The molecule has 0 radical (unpaired) electrons. The third-order valence-electron chi connectivity index (χ3n) is 4.02. The number of rotatable bonds is 5. The number of likely N-dealkylation sites (tertiary alicyclic amines) is 1. The second-order valence-corrected chi connectivity index (χ2v) is 5.45. The highest BCUT2D eigenvalue weighted by atomic mass is 16.2. The fourth-order valence-electron chi connectivity index (χ4n) is 2.72. The molecule has 1 amide bonds. The van der Waals surface area contributed by atoms with E-state index in [0.29, 0.717) is 11.9 Å². The molecule has 1 aromatic heterocycles. The van der Waals surface area contributed by atoms with Crippen molar-refractivity contribution in [1.29, 1.82) is 0 Å². The van der Waals surface area contributed by atoms with Crippen molar-refractivity contribution in [1.82, 2.24) is 25.0 Å². The molecule has 2 rings (SSSR count). The molecule has 0 unspecified atom stereocenters. The van der Waals surface area contributed by atoms with Crippen LogP contribution in [0, 0.1) is 0 Å². The minimum Gasteiger partial charge on any atom is -0.336 e. The minimum atomic E-state index is -0.0742. The number of hydrogen-bond donors (Lipinski definition) is 1. The average Bonchev–Trinajstić information content (AvgIpc) is 2.96. The van der Waals surface area contributed by atoms with Crippen molar-refractivity contribution >= 4 is 5.91 Å². The largest absolute Gasteiger partial charge is 0.336 e. The zero-order valence-corrected chi connectivity index (χ0v) is 12.7. The number of H-pyrrole nitrogens is 1. The smallest absolute Gasteiger partial charge is 0.293 e. The Morgan fingerprint density at radius 2 is 2.10 bits per heavy atom. The monoisotopic (exact) mass is 279 g/mol. The molecule has 0 atom stereocenters. The number of amides is 1. The third kappa shape index (κ3) is 3.36. The SMILES string of the molecule is CCCN1CCC(N(C)C(=O)c2n[nH]c(CC)n2)CC1. The Balaban J connectivity index is 1.91. The summed E-state index contributed by atoms with van der Waals surface area (Å²) in [7, 11) is 1.87. The molecule has 0 saturated carbocycles. The molecule has 6 nitrogen and oxygen atoms in total. The van der Waals surface area contributed by atoms with Crippen LogP contribution in [-0.4, -0.2) is 63.6 Å². The van der Waals surface area contributed by atoms with Crippen LogP contribution in [0.5, 0.6) is 0 Å². The average molecular weight is 279 g/mol. The van der Waals surface area contributed by atoms with Crippen molar-refractivity contribution in [2.75, 3.05) is 26.7 Å². The molecule has 1 saturated heterocycles. The first-order valence-corrected chi connectivity index (χ1v) is 7.56. The lowest BCUT2D eigenvalue weighted by Crippen LogP contribution is -2.46. The number of aryl methyl sites for hydroxylation is 1. The van der Waals surface area contributed by atoms with Crippen LogP contribution in [0.25, 0.3) is 0 Å². The van der Waals surface area contributed by atoms with E-state index in [0.717, 1.165) is 44.7 Å². The Morgan fingerprint density at radius 1 is 1.40 bits per heavy atom. The molecule has 20 heavy (non-hydrogen) atoms. The number of aromatic amines is 1. The van der Waals surface area contributed by atoms with Gasteiger partial charge in [0.15, 0.2) is 0 Å². The first kappa shape index (κ1) is 15.0. The third-order valence-corrected chi connectivity index (χ3v) is 4.02. The highest BCUT2D eigenvalue weighted by molar-refractivity contribution is 5.90. The van der Waals surface area contributed by atoms with Gasteiger partial charge in [-0.15, -0.1) is 5.10 Å². The second-order valence-electron chi connectivity index (χ2n) is 5.45. The van der Waals surface area contributed by atoms with Crippen molar-refractivity contribution < 1.29 is 4.79 Å². The van der Waals surface area contributed by atoms with Crippen LogP contribution in [-0.2, 0) is 6.42 Å². The van der Waals surface area contributed by atoms with Crippen molar-refractivity contribution in [3.05, 3.63) is 11.6 Å². The molecule has 112 valence electrons. The van der Waals surface area contributed by atoms with E-state index in [2.05, 4.69) is 27.0 Å². The lowest BCUT2D eigenvalue weighted by molar-refractivity contribution is 0.0631. The fraction of sp³-hybridized carbons (Fsp3) is 0.786. The van der Waals surface area contributed by atoms with Gasteiger partial charge in [0, 0.05) is 32.6 Å². The molecular weight excluding hydrogens is 254 g/mol. The van der Waals surface area contributed by atoms with Crippen molar-refractivity contribution in [3.63, 3.8) is 0 Å². The number of piperidine rings is 1. The van der Waals surface area contributed by atoms with E-state index in [1.807, 2.05) is 18.9 Å². The first-order valence-electron chi connectivity index (χ1n) is 7.56. The van der Waals surface area contributed by atoms with Crippen molar-refractivity contribution in [2.24, 2.45) is 0 Å². The lowest BCUT2D eigenvalue weighted by atomic mass is 10.0. The van der Waals surface area contributed by atoms with Crippen molar-refractivity contribution in [3.8, 4) is 0 Å². The quantitative estimate of drug-likeness (QED) is 0.882. The summed E-state index contributed by atoms with van der Waals surface area (Å²) in [5, 5.41) is 6.81. The van der Waals surface area contributed by atoms with E-state index in [9.17, 15) is 4.79 Å². The summed E-state index contributed by atoms with van der Waals surface area (Å²) in [5.74, 6) is 0.981. The van der Waals surface area contributed by atoms with E-state index in [-0.39, 0.29) is 5.91 Å². The molecule has 2 heterocycles. The summed E-state index contributed by atoms with van der Waals surface area (Å²) in [4.78, 5) is 20.8. The van der Waals surface area contributed by atoms with Crippen molar-refractivity contribution in [2.45, 2.75) is 45.6 Å². The molecular formula is C14H25N5O. The van der Waals surface area contributed by atoms with Crippen LogP contribution in [0.1, 0.15) is 49.6 Å². The fourth-order valence-corrected chi connectivity index (χ4v) is 2.72. The maximum atomic E-state index is 12.3. The number of nitrogens with zero attached hydrogens (tertiary/aromatic N) is 4. The Labute approximate surface area is 120 Å². The topological polar surface area (TPSA) is 65.1 Å². The molecule has 1 aromatic rings. The van der Waals surface area contributed by atoms with Gasteiger partial charge in [0.1, 0.15) is 5.82 Å². The Hall–Kier alpha value is -1.43. The number of hydrogen-bond acceptors (Lipinski definition) is 4. The van der Waals surface area contributed by atoms with Gasteiger partial charge >= 0.3 is 0 Å². The zero-order valence-electron chi connectivity index (χ0n) is 12.7. The number of carbonyl (C=O) groups is 1. The van der Waals surface area contributed by atoms with Crippen LogP contribution in [0.4, 0.5) is 0 Å². The van der Waals surface area contributed by atoms with Crippen LogP contribution in [0.15, 0.2) is 0 Å². The van der Waals surface area contributed by atoms with Crippen LogP contribution in [0.2, 0.25) is 0 Å². The van der Waals surface area contributed by atoms with Gasteiger partial charge in [0.25, 0.3) is 5.91 Å². The highest BCUT2D eigenvalue weighted by Gasteiger charge is 2.27.